The lowest BCUT2D eigenvalue weighted by atomic mass is 10.2. The molecule has 0 aliphatic heterocycles. The van der Waals surface area contributed by atoms with Crippen molar-refractivity contribution in [1.29, 1.82) is 0 Å². The number of aromatic nitrogens is 2. The molecule has 0 radical (unpaired) electrons. The van der Waals surface area contributed by atoms with E-state index < -0.39 is 15.8 Å². The van der Waals surface area contributed by atoms with E-state index in [9.17, 15) is 12.8 Å². The van der Waals surface area contributed by atoms with Gasteiger partial charge in [0, 0.05) is 16.1 Å². The van der Waals surface area contributed by atoms with Gasteiger partial charge in [-0.05, 0) is 37.3 Å². The lowest BCUT2D eigenvalue weighted by molar-refractivity contribution is 0.433. The van der Waals surface area contributed by atoms with Crippen molar-refractivity contribution in [1.82, 2.24) is 10.1 Å². The zero-order chi connectivity index (χ0) is 19.7. The first-order chi connectivity index (χ1) is 13.4. The fourth-order valence-electron chi connectivity index (χ4n) is 2.59. The highest BCUT2D eigenvalue weighted by Gasteiger charge is 2.23. The summed E-state index contributed by atoms with van der Waals surface area (Å²) in [7, 11) is -3.84. The summed E-state index contributed by atoms with van der Waals surface area (Å²) in [5.41, 5.74) is 1.08. The topological polar surface area (TPSA) is 85.1 Å². The Morgan fingerprint density at radius 1 is 1.07 bits per heavy atom. The average Bonchev–Trinajstić information content (AvgIpc) is 3.31. The fourth-order valence-corrected chi connectivity index (χ4v) is 5.17. The van der Waals surface area contributed by atoms with Gasteiger partial charge in [-0.1, -0.05) is 35.5 Å². The number of benzene rings is 2. The molecule has 0 fully saturated rings. The number of rotatable bonds is 5. The summed E-state index contributed by atoms with van der Waals surface area (Å²) < 4.78 is 46.2. The molecule has 4 rings (SSSR count). The molecule has 0 saturated heterocycles. The Hall–Kier alpha value is -3.04. The molecule has 0 unspecified atom stereocenters. The Labute approximate surface area is 164 Å². The molecule has 6 nitrogen and oxygen atoms in total. The molecule has 28 heavy (non-hydrogen) atoms. The van der Waals surface area contributed by atoms with Gasteiger partial charge in [-0.25, -0.2) is 12.8 Å². The van der Waals surface area contributed by atoms with Crippen LogP contribution in [0.25, 0.3) is 22.2 Å². The predicted octanol–water partition coefficient (Wildman–Crippen LogP) is 4.71. The van der Waals surface area contributed by atoms with Gasteiger partial charge >= 0.3 is 0 Å². The van der Waals surface area contributed by atoms with Crippen LogP contribution in [0.15, 0.2) is 70.1 Å². The van der Waals surface area contributed by atoms with E-state index in [4.69, 9.17) is 4.52 Å². The van der Waals surface area contributed by atoms with Gasteiger partial charge in [-0.3, -0.25) is 4.72 Å². The fraction of sp³-hybridized carbons (Fsp3) is 0.0526. The minimum absolute atomic E-state index is 0.108. The largest absolute Gasteiger partial charge is 0.333 e. The molecule has 142 valence electrons. The Balaban J connectivity index is 1.63. The lowest BCUT2D eigenvalue weighted by Crippen LogP contribution is -2.13. The van der Waals surface area contributed by atoms with Crippen LogP contribution in [0.2, 0.25) is 0 Å². The first kappa shape index (κ1) is 18.3. The molecule has 2 aromatic heterocycles. The van der Waals surface area contributed by atoms with Crippen LogP contribution in [-0.4, -0.2) is 18.6 Å². The molecule has 0 bridgehead atoms. The summed E-state index contributed by atoms with van der Waals surface area (Å²) in [6, 6.07) is 15.9. The molecule has 2 aromatic carbocycles. The maximum atomic E-state index is 13.0. The van der Waals surface area contributed by atoms with Crippen LogP contribution >= 0.6 is 11.3 Å². The third-order valence-electron chi connectivity index (χ3n) is 3.93. The molecule has 0 aliphatic rings. The molecule has 4 aromatic rings. The van der Waals surface area contributed by atoms with Gasteiger partial charge < -0.3 is 4.52 Å². The van der Waals surface area contributed by atoms with E-state index in [1.165, 1.54) is 41.7 Å². The first-order valence-electron chi connectivity index (χ1n) is 8.21. The maximum Gasteiger partial charge on any atom is 0.268 e. The molecule has 1 N–H and O–H groups in total. The zero-order valence-corrected chi connectivity index (χ0v) is 16.2. The van der Waals surface area contributed by atoms with Crippen molar-refractivity contribution in [3.8, 4) is 22.2 Å². The quantitative estimate of drug-likeness (QED) is 0.510. The molecule has 2 heterocycles. The Morgan fingerprint density at radius 3 is 2.50 bits per heavy atom. The van der Waals surface area contributed by atoms with Crippen molar-refractivity contribution in [2.24, 2.45) is 0 Å². The number of thiophene rings is 1. The van der Waals surface area contributed by atoms with Crippen LogP contribution < -0.4 is 4.72 Å². The highest BCUT2D eigenvalue weighted by Crippen LogP contribution is 2.34. The summed E-state index contributed by atoms with van der Waals surface area (Å²) in [5.74, 6) is 0.230. The van der Waals surface area contributed by atoms with Crippen LogP contribution in [0.1, 0.15) is 4.88 Å². The number of hydrogen-bond acceptors (Lipinski definition) is 6. The van der Waals surface area contributed by atoms with E-state index in [2.05, 4.69) is 14.9 Å². The van der Waals surface area contributed by atoms with Gasteiger partial charge in [0.25, 0.3) is 15.9 Å². The van der Waals surface area contributed by atoms with Crippen molar-refractivity contribution in [2.45, 2.75) is 11.8 Å². The first-order valence-corrected chi connectivity index (χ1v) is 10.5. The average molecular weight is 415 g/mol. The van der Waals surface area contributed by atoms with Crippen molar-refractivity contribution in [2.75, 3.05) is 4.72 Å². The standard InChI is InChI=1S/C19H14FN3O3S2/c1-12-17(28(24,25)23-15-9-7-14(20)8-10-15)11-16(27-12)19-21-18(22-26-19)13-5-3-2-4-6-13/h2-11,23H,1H3. The number of aryl methyl sites for hydroxylation is 1. The van der Waals surface area contributed by atoms with Crippen LogP contribution in [-0.2, 0) is 10.0 Å². The van der Waals surface area contributed by atoms with Crippen molar-refractivity contribution < 1.29 is 17.3 Å². The van der Waals surface area contributed by atoms with E-state index in [1.807, 2.05) is 30.3 Å². The summed E-state index contributed by atoms with van der Waals surface area (Å²) in [6.07, 6.45) is 0. The molecule has 0 aliphatic carbocycles. The molecule has 0 amide bonds. The molecule has 0 spiro atoms. The van der Waals surface area contributed by atoms with E-state index >= 15 is 0 Å². The van der Waals surface area contributed by atoms with Gasteiger partial charge in [-0.15, -0.1) is 11.3 Å². The van der Waals surface area contributed by atoms with Crippen molar-refractivity contribution in [3.05, 3.63) is 71.4 Å². The lowest BCUT2D eigenvalue weighted by Gasteiger charge is -2.07. The highest BCUT2D eigenvalue weighted by molar-refractivity contribution is 7.93. The van der Waals surface area contributed by atoms with Crippen molar-refractivity contribution in [3.63, 3.8) is 0 Å². The van der Waals surface area contributed by atoms with Gasteiger partial charge in [0.15, 0.2) is 0 Å². The van der Waals surface area contributed by atoms with Crippen molar-refractivity contribution >= 4 is 27.0 Å². The minimum atomic E-state index is -3.84. The predicted molar refractivity (Wildman–Crippen MR) is 105 cm³/mol. The summed E-state index contributed by atoms with van der Waals surface area (Å²) in [6.45, 7) is 1.70. The Morgan fingerprint density at radius 2 is 1.79 bits per heavy atom. The summed E-state index contributed by atoms with van der Waals surface area (Å²) in [5, 5.41) is 3.96. The summed E-state index contributed by atoms with van der Waals surface area (Å²) in [4.78, 5) is 5.59. The third kappa shape index (κ3) is 3.67. The molecule has 0 atom stereocenters. The second-order valence-electron chi connectivity index (χ2n) is 5.93. The van der Waals surface area contributed by atoms with E-state index in [0.717, 1.165) is 5.56 Å². The molecule has 0 saturated carbocycles. The van der Waals surface area contributed by atoms with E-state index in [1.54, 1.807) is 6.92 Å². The second-order valence-corrected chi connectivity index (χ2v) is 8.84. The Bertz CT molecular complexity index is 1220. The Kier molecular flexibility index (Phi) is 4.70. The smallest absolute Gasteiger partial charge is 0.268 e. The normalized spacial score (nSPS) is 11.5. The SMILES string of the molecule is Cc1sc(-c2nc(-c3ccccc3)no2)cc1S(=O)(=O)Nc1ccc(F)cc1. The second kappa shape index (κ2) is 7.17. The van der Waals surface area contributed by atoms with Crippen LogP contribution in [0, 0.1) is 12.7 Å². The number of hydrogen-bond donors (Lipinski definition) is 1. The molecular formula is C19H14FN3O3S2. The monoisotopic (exact) mass is 415 g/mol. The maximum absolute atomic E-state index is 13.0. The van der Waals surface area contributed by atoms with Gasteiger partial charge in [0.1, 0.15) is 10.7 Å². The number of sulfonamides is 1. The van der Waals surface area contributed by atoms with Crippen LogP contribution in [0.5, 0.6) is 0 Å². The molecular weight excluding hydrogens is 401 g/mol. The van der Waals surface area contributed by atoms with Crippen LogP contribution in [0.3, 0.4) is 0 Å². The number of anilines is 1. The van der Waals surface area contributed by atoms with Gasteiger partial charge in [-0.2, -0.15) is 4.98 Å². The number of nitrogens with zero attached hydrogens (tertiary/aromatic N) is 2. The zero-order valence-electron chi connectivity index (χ0n) is 14.6. The van der Waals surface area contributed by atoms with Gasteiger partial charge in [0.2, 0.25) is 5.82 Å². The van der Waals surface area contributed by atoms with E-state index in [-0.39, 0.29) is 16.5 Å². The summed E-state index contributed by atoms with van der Waals surface area (Å²) >= 11 is 1.24. The minimum Gasteiger partial charge on any atom is -0.333 e. The third-order valence-corrected chi connectivity index (χ3v) is 6.60. The highest BCUT2D eigenvalue weighted by atomic mass is 32.2. The van der Waals surface area contributed by atoms with Crippen LogP contribution in [0.4, 0.5) is 10.1 Å². The van der Waals surface area contributed by atoms with E-state index in [0.29, 0.717) is 15.6 Å². The number of halogens is 1. The van der Waals surface area contributed by atoms with Gasteiger partial charge in [0.05, 0.1) is 4.88 Å². The molecule has 9 heteroatoms. The number of nitrogens with one attached hydrogen (secondary N) is 1.